The highest BCUT2D eigenvalue weighted by atomic mass is 35.5. The molecule has 2 saturated heterocycles. The molecule has 0 aromatic carbocycles. The van der Waals surface area contributed by atoms with Crippen LogP contribution < -0.4 is 5.32 Å². The third kappa shape index (κ3) is 3.54. The van der Waals surface area contributed by atoms with Crippen molar-refractivity contribution in [3.05, 3.63) is 17.3 Å². The smallest absolute Gasteiger partial charge is 0.269 e. The Morgan fingerprint density at radius 3 is 2.81 bits per heavy atom. The van der Waals surface area contributed by atoms with Crippen LogP contribution in [-0.2, 0) is 10.0 Å². The fraction of sp³-hybridized carbons (Fsp3) is 0.600. The van der Waals surface area contributed by atoms with Gasteiger partial charge in [0.2, 0.25) is 10.0 Å². The maximum absolute atomic E-state index is 12.9. The maximum atomic E-state index is 12.9. The van der Waals surface area contributed by atoms with Crippen molar-refractivity contribution in [1.82, 2.24) is 24.7 Å². The number of likely N-dealkylation sites (N-methyl/N-ethyl adjacent to an activating group) is 1. The largest absolute Gasteiger partial charge is 0.333 e. The average Bonchev–Trinajstić information content (AvgIpc) is 3.34. The summed E-state index contributed by atoms with van der Waals surface area (Å²) in [5.41, 5.74) is 0. The highest BCUT2D eigenvalue weighted by molar-refractivity contribution is 7.89. The molecule has 0 spiro atoms. The Hall–Kier alpha value is -1.04. The molecule has 1 N–H and O–H groups in total. The molecule has 1 unspecified atom stereocenters. The summed E-state index contributed by atoms with van der Waals surface area (Å²) in [5, 5.41) is 9.17. The third-order valence-corrected chi connectivity index (χ3v) is 7.73. The van der Waals surface area contributed by atoms with Gasteiger partial charge in [-0.1, -0.05) is 5.16 Å². The minimum atomic E-state index is -3.51. The molecule has 2 fully saturated rings. The summed E-state index contributed by atoms with van der Waals surface area (Å²) in [5.74, 6) is 0.865. The Bertz CT molecular complexity index is 847. The topological polar surface area (TPSA) is 91.6 Å². The van der Waals surface area contributed by atoms with Gasteiger partial charge in [0.15, 0.2) is 5.82 Å². The molecule has 2 aliphatic heterocycles. The van der Waals surface area contributed by atoms with Gasteiger partial charge in [0.05, 0.1) is 6.04 Å². The molecule has 0 radical (unpaired) electrons. The number of nitrogens with zero attached hydrogens (tertiary/aromatic N) is 4. The van der Waals surface area contributed by atoms with E-state index in [0.29, 0.717) is 23.8 Å². The van der Waals surface area contributed by atoms with Crippen LogP contribution in [0.1, 0.15) is 24.7 Å². The van der Waals surface area contributed by atoms with Gasteiger partial charge in [-0.05, 0) is 31.3 Å². The molecule has 0 saturated carbocycles. The van der Waals surface area contributed by atoms with E-state index in [1.54, 1.807) is 11.4 Å². The van der Waals surface area contributed by atoms with Crippen LogP contribution in [0.4, 0.5) is 0 Å². The van der Waals surface area contributed by atoms with E-state index in [2.05, 4.69) is 20.4 Å². The van der Waals surface area contributed by atoms with E-state index in [1.165, 1.54) is 15.6 Å². The summed E-state index contributed by atoms with van der Waals surface area (Å²) < 4.78 is 32.7. The normalized spacial score (nSPS) is 22.4. The van der Waals surface area contributed by atoms with Crippen molar-refractivity contribution in [2.75, 3.05) is 39.8 Å². The monoisotopic (exact) mass is 419 g/mol. The summed E-state index contributed by atoms with van der Waals surface area (Å²) in [6, 6.07) is 1.66. The van der Waals surface area contributed by atoms with Crippen LogP contribution in [0, 0.1) is 0 Å². The summed E-state index contributed by atoms with van der Waals surface area (Å²) in [6.45, 7) is 3.73. The van der Waals surface area contributed by atoms with Crippen LogP contribution in [0.3, 0.4) is 0 Å². The number of piperazine rings is 1. The number of aromatic nitrogens is 2. The van der Waals surface area contributed by atoms with Crippen LogP contribution in [0.2, 0.25) is 0 Å². The number of halogens is 1. The molecule has 2 aliphatic rings. The lowest BCUT2D eigenvalue weighted by molar-refractivity contribution is 0.190. The minimum Gasteiger partial charge on any atom is -0.333 e. The van der Waals surface area contributed by atoms with Gasteiger partial charge >= 0.3 is 0 Å². The molecule has 2 aromatic rings. The highest BCUT2D eigenvalue weighted by Crippen LogP contribution is 2.35. The molecular formula is C15H22ClN5O3S2. The molecule has 8 nitrogen and oxygen atoms in total. The Morgan fingerprint density at radius 1 is 1.31 bits per heavy atom. The molecule has 0 amide bonds. The van der Waals surface area contributed by atoms with E-state index in [4.69, 9.17) is 4.52 Å². The van der Waals surface area contributed by atoms with Gasteiger partial charge in [-0.15, -0.1) is 23.7 Å². The lowest BCUT2D eigenvalue weighted by Gasteiger charge is -2.30. The summed E-state index contributed by atoms with van der Waals surface area (Å²) in [7, 11) is -1.48. The molecule has 2 aromatic heterocycles. The summed E-state index contributed by atoms with van der Waals surface area (Å²) >= 11 is 1.32. The molecule has 4 rings (SSSR count). The first kappa shape index (κ1) is 19.7. The molecule has 0 bridgehead atoms. The van der Waals surface area contributed by atoms with Gasteiger partial charge in [-0.25, -0.2) is 8.42 Å². The van der Waals surface area contributed by atoms with Gasteiger partial charge in [0.25, 0.3) is 5.89 Å². The Balaban J connectivity index is 0.00000196. The van der Waals surface area contributed by atoms with E-state index < -0.39 is 10.0 Å². The molecular weight excluding hydrogens is 398 g/mol. The van der Waals surface area contributed by atoms with E-state index >= 15 is 0 Å². The SMILES string of the molecule is CN1CCNCC1c1noc(-c2sccc2S(=O)(=O)N2CCCC2)n1.Cl. The van der Waals surface area contributed by atoms with Crippen molar-refractivity contribution in [1.29, 1.82) is 0 Å². The molecule has 11 heteroatoms. The summed E-state index contributed by atoms with van der Waals surface area (Å²) in [6.07, 6.45) is 1.81. The number of rotatable bonds is 4. The van der Waals surface area contributed by atoms with Crippen molar-refractivity contribution >= 4 is 33.8 Å². The van der Waals surface area contributed by atoms with Crippen LogP contribution in [-0.4, -0.2) is 67.5 Å². The minimum absolute atomic E-state index is 0. The summed E-state index contributed by atoms with van der Waals surface area (Å²) in [4.78, 5) is 7.46. The van der Waals surface area contributed by atoms with Crippen molar-refractivity contribution in [2.45, 2.75) is 23.8 Å². The highest BCUT2D eigenvalue weighted by Gasteiger charge is 2.33. The molecule has 26 heavy (non-hydrogen) atoms. The second kappa shape index (κ2) is 7.91. The van der Waals surface area contributed by atoms with Gasteiger partial charge < -0.3 is 9.84 Å². The predicted molar refractivity (Wildman–Crippen MR) is 101 cm³/mol. The Labute approximate surface area is 163 Å². The van der Waals surface area contributed by atoms with Crippen LogP contribution >= 0.6 is 23.7 Å². The Morgan fingerprint density at radius 2 is 2.08 bits per heavy atom. The number of thiophene rings is 1. The second-order valence-electron chi connectivity index (χ2n) is 6.38. The van der Waals surface area contributed by atoms with Crippen LogP contribution in [0.15, 0.2) is 20.9 Å². The predicted octanol–water partition coefficient (Wildman–Crippen LogP) is 1.58. The van der Waals surface area contributed by atoms with Crippen LogP contribution in [0.25, 0.3) is 10.8 Å². The Kier molecular flexibility index (Phi) is 6.00. The van der Waals surface area contributed by atoms with Gasteiger partial charge in [-0.3, -0.25) is 4.90 Å². The van der Waals surface area contributed by atoms with E-state index in [9.17, 15) is 8.42 Å². The average molecular weight is 420 g/mol. The van der Waals surface area contributed by atoms with Crippen molar-refractivity contribution in [3.8, 4) is 10.8 Å². The standard InChI is InChI=1S/C15H21N5O3S2.ClH/c1-19-8-5-16-10-11(19)14-17-15(23-18-14)13-12(4-9-24-13)25(21,22)20-6-2-3-7-20;/h4,9,11,16H,2-3,5-8,10H2,1H3;1H. The lowest BCUT2D eigenvalue weighted by atomic mass is 10.2. The fourth-order valence-corrected chi connectivity index (χ4v) is 6.11. The quantitative estimate of drug-likeness (QED) is 0.804. The van der Waals surface area contributed by atoms with Crippen molar-refractivity contribution in [2.24, 2.45) is 0 Å². The molecule has 0 aliphatic carbocycles. The van der Waals surface area contributed by atoms with Crippen molar-refractivity contribution < 1.29 is 12.9 Å². The van der Waals surface area contributed by atoms with Gasteiger partial charge in [0.1, 0.15) is 9.77 Å². The molecule has 4 heterocycles. The van der Waals surface area contributed by atoms with Gasteiger partial charge in [-0.2, -0.15) is 9.29 Å². The van der Waals surface area contributed by atoms with E-state index in [1.807, 2.05) is 7.05 Å². The lowest BCUT2D eigenvalue weighted by Crippen LogP contribution is -2.44. The number of sulfonamides is 1. The maximum Gasteiger partial charge on any atom is 0.269 e. The number of hydrogen-bond acceptors (Lipinski definition) is 8. The van der Waals surface area contributed by atoms with E-state index in [-0.39, 0.29) is 29.2 Å². The number of hydrogen-bond donors (Lipinski definition) is 1. The third-order valence-electron chi connectivity index (χ3n) is 4.76. The first-order chi connectivity index (χ1) is 12.1. The zero-order valence-corrected chi connectivity index (χ0v) is 16.9. The zero-order valence-electron chi connectivity index (χ0n) is 14.4. The second-order valence-corrected chi connectivity index (χ2v) is 9.21. The van der Waals surface area contributed by atoms with Gasteiger partial charge in [0, 0.05) is 32.7 Å². The van der Waals surface area contributed by atoms with E-state index in [0.717, 1.165) is 32.5 Å². The fourth-order valence-electron chi connectivity index (χ4n) is 3.28. The number of nitrogens with one attached hydrogen (secondary N) is 1. The zero-order chi connectivity index (χ0) is 17.4. The molecule has 1 atom stereocenters. The van der Waals surface area contributed by atoms with Crippen LogP contribution in [0.5, 0.6) is 0 Å². The first-order valence-corrected chi connectivity index (χ1v) is 10.7. The first-order valence-electron chi connectivity index (χ1n) is 8.40. The molecule has 144 valence electrons. The van der Waals surface area contributed by atoms with Crippen molar-refractivity contribution in [3.63, 3.8) is 0 Å².